The first kappa shape index (κ1) is 21.6. The molecule has 2 N–H and O–H groups in total. The smallest absolute Gasteiger partial charge is 0.341 e. The summed E-state index contributed by atoms with van der Waals surface area (Å²) in [5.74, 6) is 0.0695. The lowest BCUT2D eigenvalue weighted by Gasteiger charge is -2.26. The van der Waals surface area contributed by atoms with Gasteiger partial charge in [0.25, 0.3) is 0 Å². The van der Waals surface area contributed by atoms with Gasteiger partial charge >= 0.3 is 5.97 Å². The van der Waals surface area contributed by atoms with Crippen LogP contribution in [-0.2, 0) is 9.53 Å². The highest BCUT2D eigenvalue weighted by molar-refractivity contribution is 5.76. The third kappa shape index (κ3) is 5.69. The maximum Gasteiger partial charge on any atom is 0.341 e. The molecule has 0 aliphatic rings. The number of hydrogen-bond acceptors (Lipinski definition) is 5. The van der Waals surface area contributed by atoms with Gasteiger partial charge in [-0.15, -0.1) is 0 Å². The van der Waals surface area contributed by atoms with Crippen LogP contribution in [0.2, 0.25) is 0 Å². The van der Waals surface area contributed by atoms with Crippen molar-refractivity contribution >= 4 is 5.97 Å². The molecule has 0 spiro atoms. The molecule has 0 saturated heterocycles. The minimum Gasteiger partial charge on any atom is -0.485 e. The van der Waals surface area contributed by atoms with E-state index in [-0.39, 0.29) is 6.10 Å². The number of para-hydroxylation sites is 1. The van der Waals surface area contributed by atoms with Crippen molar-refractivity contribution in [2.75, 3.05) is 7.05 Å². The minimum atomic E-state index is -1.34. The van der Waals surface area contributed by atoms with Crippen molar-refractivity contribution in [2.45, 2.75) is 31.8 Å². The van der Waals surface area contributed by atoms with Gasteiger partial charge in [-0.1, -0.05) is 78.9 Å². The molecule has 0 aromatic heterocycles. The average molecular weight is 405 g/mol. The van der Waals surface area contributed by atoms with Gasteiger partial charge in [0, 0.05) is 6.42 Å². The first-order valence-electron chi connectivity index (χ1n) is 9.96. The van der Waals surface area contributed by atoms with Gasteiger partial charge in [0.2, 0.25) is 0 Å². The quantitative estimate of drug-likeness (QED) is 0.410. The Balaban J connectivity index is 1.74. The van der Waals surface area contributed by atoms with E-state index in [1.54, 1.807) is 31.3 Å². The molecule has 3 atom stereocenters. The topological polar surface area (TPSA) is 67.8 Å². The fraction of sp³-hybridized carbons (Fsp3) is 0.240. The predicted molar refractivity (Wildman–Crippen MR) is 116 cm³/mol. The summed E-state index contributed by atoms with van der Waals surface area (Å²) < 4.78 is 11.9. The summed E-state index contributed by atoms with van der Waals surface area (Å²) in [6.45, 7) is 1.99. The van der Waals surface area contributed by atoms with E-state index in [2.05, 4.69) is 5.32 Å². The van der Waals surface area contributed by atoms with Gasteiger partial charge in [-0.2, -0.15) is 0 Å². The molecule has 0 amide bonds. The fourth-order valence-corrected chi connectivity index (χ4v) is 3.16. The van der Waals surface area contributed by atoms with Gasteiger partial charge in [0.1, 0.15) is 11.9 Å². The Morgan fingerprint density at radius 2 is 1.47 bits per heavy atom. The highest BCUT2D eigenvalue weighted by Gasteiger charge is 2.26. The van der Waals surface area contributed by atoms with Gasteiger partial charge in [0.15, 0.2) is 12.3 Å². The molecule has 5 heteroatoms. The molecular weight excluding hydrogens is 378 g/mol. The molecule has 30 heavy (non-hydrogen) atoms. The first-order chi connectivity index (χ1) is 14.6. The van der Waals surface area contributed by atoms with Crippen molar-refractivity contribution in [1.82, 2.24) is 5.32 Å². The maximum atomic E-state index is 12.5. The zero-order chi connectivity index (χ0) is 21.3. The van der Waals surface area contributed by atoms with Gasteiger partial charge in [-0.3, -0.25) is 5.32 Å². The number of aliphatic hydroxyl groups is 1. The number of benzene rings is 3. The predicted octanol–water partition coefficient (Wildman–Crippen LogP) is 4.33. The molecule has 0 aliphatic carbocycles. The normalized spacial score (nSPS) is 13.8. The Kier molecular flexibility index (Phi) is 7.60. The molecule has 0 saturated carbocycles. The average Bonchev–Trinajstić information content (AvgIpc) is 2.80. The second-order valence-electron chi connectivity index (χ2n) is 7.05. The van der Waals surface area contributed by atoms with Crippen LogP contribution in [0, 0.1) is 6.92 Å². The summed E-state index contributed by atoms with van der Waals surface area (Å²) in [6, 6.07) is 26.3. The molecule has 0 heterocycles. The van der Waals surface area contributed by atoms with Gasteiger partial charge in [0.05, 0.1) is 0 Å². The first-order valence-corrected chi connectivity index (χ1v) is 9.96. The number of ether oxygens (including phenoxy) is 2. The van der Waals surface area contributed by atoms with E-state index >= 15 is 0 Å². The Labute approximate surface area is 177 Å². The molecule has 0 aliphatic heterocycles. The van der Waals surface area contributed by atoms with Gasteiger partial charge in [-0.05, 0) is 36.7 Å². The summed E-state index contributed by atoms with van der Waals surface area (Å²) >= 11 is 0. The summed E-state index contributed by atoms with van der Waals surface area (Å²) in [5, 5.41) is 13.3. The summed E-state index contributed by atoms with van der Waals surface area (Å²) in [7, 11) is 1.71. The molecule has 1 unspecified atom stereocenters. The monoisotopic (exact) mass is 405 g/mol. The van der Waals surface area contributed by atoms with Crippen LogP contribution < -0.4 is 10.1 Å². The van der Waals surface area contributed by atoms with E-state index < -0.39 is 18.3 Å². The number of aryl methyl sites for hydroxylation is 1. The molecular formula is C25H27NO4. The van der Waals surface area contributed by atoms with Crippen molar-refractivity contribution < 1.29 is 19.4 Å². The van der Waals surface area contributed by atoms with Crippen LogP contribution in [0.25, 0.3) is 0 Å². The Morgan fingerprint density at radius 1 is 0.900 bits per heavy atom. The Bertz CT molecular complexity index is 930. The number of nitrogens with one attached hydrogen (secondary N) is 1. The highest BCUT2D eigenvalue weighted by Crippen LogP contribution is 2.29. The molecule has 0 fully saturated rings. The van der Waals surface area contributed by atoms with E-state index in [1.807, 2.05) is 67.6 Å². The van der Waals surface area contributed by atoms with Crippen molar-refractivity contribution in [1.29, 1.82) is 0 Å². The zero-order valence-electron chi connectivity index (χ0n) is 17.2. The molecule has 3 aromatic carbocycles. The van der Waals surface area contributed by atoms with Crippen LogP contribution in [-0.4, -0.2) is 24.4 Å². The number of aliphatic hydroxyl groups excluding tert-OH is 1. The zero-order valence-corrected chi connectivity index (χ0v) is 17.2. The third-order valence-corrected chi connectivity index (χ3v) is 4.88. The molecule has 0 radical (unpaired) electrons. The lowest BCUT2D eigenvalue weighted by atomic mass is 10.0. The highest BCUT2D eigenvalue weighted by atomic mass is 16.6. The van der Waals surface area contributed by atoms with Crippen LogP contribution in [0.15, 0.2) is 84.9 Å². The number of rotatable bonds is 9. The maximum absolute atomic E-state index is 12.5. The van der Waals surface area contributed by atoms with Crippen LogP contribution >= 0.6 is 0 Å². The van der Waals surface area contributed by atoms with E-state index in [1.165, 1.54) is 0 Å². The van der Waals surface area contributed by atoms with Crippen LogP contribution in [0.5, 0.6) is 5.75 Å². The van der Waals surface area contributed by atoms with Gasteiger partial charge in [-0.25, -0.2) is 4.79 Å². The molecule has 5 nitrogen and oxygen atoms in total. The lowest BCUT2D eigenvalue weighted by Crippen LogP contribution is -2.35. The van der Waals surface area contributed by atoms with Crippen LogP contribution in [0.1, 0.15) is 35.3 Å². The van der Waals surface area contributed by atoms with E-state index in [0.29, 0.717) is 12.0 Å². The summed E-state index contributed by atoms with van der Waals surface area (Å²) in [6.07, 6.45) is -1.94. The summed E-state index contributed by atoms with van der Waals surface area (Å²) in [5.41, 5.74) is 2.49. The second-order valence-corrected chi connectivity index (χ2v) is 7.05. The second kappa shape index (κ2) is 10.6. The Hall–Kier alpha value is -3.15. The van der Waals surface area contributed by atoms with Crippen LogP contribution in [0.3, 0.4) is 0 Å². The molecule has 3 rings (SSSR count). The third-order valence-electron chi connectivity index (χ3n) is 4.88. The fourth-order valence-electron chi connectivity index (χ4n) is 3.16. The number of hydrogen-bond donors (Lipinski definition) is 2. The Morgan fingerprint density at radius 3 is 2.07 bits per heavy atom. The van der Waals surface area contributed by atoms with Crippen molar-refractivity contribution in [2.24, 2.45) is 0 Å². The standard InChI is InChI=1S/C25H27NO4/c1-18-11-9-10-16-21(18)29-22(19-12-5-3-6-13-19)17-23(26-2)30-25(28)24(27)20-14-7-4-8-15-20/h3-16,22-24,26-27H,17H2,1-2H3/t22-,23?,24-/m1/s1. The minimum absolute atomic E-state index is 0.341. The van der Waals surface area contributed by atoms with Crippen molar-refractivity contribution in [3.8, 4) is 5.75 Å². The van der Waals surface area contributed by atoms with Crippen molar-refractivity contribution in [3.05, 3.63) is 102 Å². The summed E-state index contributed by atoms with van der Waals surface area (Å²) in [4.78, 5) is 12.5. The molecule has 0 bridgehead atoms. The number of esters is 1. The molecule has 156 valence electrons. The van der Waals surface area contributed by atoms with E-state index in [9.17, 15) is 9.90 Å². The molecule has 3 aromatic rings. The van der Waals surface area contributed by atoms with Crippen LogP contribution in [0.4, 0.5) is 0 Å². The number of carbonyl (C=O) groups is 1. The largest absolute Gasteiger partial charge is 0.485 e. The van der Waals surface area contributed by atoms with E-state index in [0.717, 1.165) is 16.9 Å². The van der Waals surface area contributed by atoms with E-state index in [4.69, 9.17) is 9.47 Å². The lowest BCUT2D eigenvalue weighted by molar-refractivity contribution is -0.162. The van der Waals surface area contributed by atoms with Gasteiger partial charge < -0.3 is 14.6 Å². The van der Waals surface area contributed by atoms with Crippen molar-refractivity contribution in [3.63, 3.8) is 0 Å². The SMILES string of the molecule is CNC(C[C@@H](Oc1ccccc1C)c1ccccc1)OC(=O)[C@H](O)c1ccccc1. The number of carbonyl (C=O) groups excluding carboxylic acids is 1.